The number of amides is 1. The lowest BCUT2D eigenvalue weighted by molar-refractivity contribution is 0.0933. The number of aromatic nitrogens is 2. The summed E-state index contributed by atoms with van der Waals surface area (Å²) >= 11 is 0. The maximum atomic E-state index is 12.1. The van der Waals surface area contributed by atoms with Gasteiger partial charge in [-0.1, -0.05) is 0 Å². The van der Waals surface area contributed by atoms with E-state index in [2.05, 4.69) is 20.2 Å². The summed E-state index contributed by atoms with van der Waals surface area (Å²) in [4.78, 5) is 22.2. The van der Waals surface area contributed by atoms with Gasteiger partial charge in [-0.3, -0.25) is 9.69 Å². The van der Waals surface area contributed by atoms with Crippen LogP contribution in [0.3, 0.4) is 0 Å². The average Bonchev–Trinajstić information content (AvgIpc) is 2.98. The molecule has 0 aliphatic carbocycles. The molecule has 2 heterocycles. The standard InChI is InChI=1S/C14H22N4O3/c1-21-13-8-12(16-10-17-13)14(20)15-9-11-4-2-5-18(11)6-3-7-19/h8,10-11,19H,2-7,9H2,1H3,(H,15,20). The number of hydrogen-bond acceptors (Lipinski definition) is 6. The van der Waals surface area contributed by atoms with Gasteiger partial charge in [-0.15, -0.1) is 0 Å². The highest BCUT2D eigenvalue weighted by Gasteiger charge is 2.24. The molecule has 0 spiro atoms. The number of aliphatic hydroxyl groups is 1. The Morgan fingerprint density at radius 2 is 2.43 bits per heavy atom. The van der Waals surface area contributed by atoms with Crippen molar-refractivity contribution < 1.29 is 14.6 Å². The molecular formula is C14H22N4O3. The fraction of sp³-hybridized carbons (Fsp3) is 0.643. The Bertz CT molecular complexity index is 469. The van der Waals surface area contributed by atoms with E-state index in [-0.39, 0.29) is 12.5 Å². The van der Waals surface area contributed by atoms with Crippen molar-refractivity contribution in [2.45, 2.75) is 25.3 Å². The van der Waals surface area contributed by atoms with Crippen LogP contribution in [0, 0.1) is 0 Å². The predicted octanol–water partition coefficient (Wildman–Crippen LogP) is 0.0618. The topological polar surface area (TPSA) is 87.6 Å². The van der Waals surface area contributed by atoms with Crippen LogP contribution >= 0.6 is 0 Å². The van der Waals surface area contributed by atoms with Gasteiger partial charge in [0.15, 0.2) is 0 Å². The van der Waals surface area contributed by atoms with Crippen LogP contribution in [0.5, 0.6) is 5.88 Å². The van der Waals surface area contributed by atoms with Gasteiger partial charge in [0, 0.05) is 31.8 Å². The summed E-state index contributed by atoms with van der Waals surface area (Å²) in [6.07, 6.45) is 4.29. The molecule has 0 aromatic carbocycles. The number of ether oxygens (including phenoxy) is 1. The third-order valence-corrected chi connectivity index (χ3v) is 3.68. The molecule has 1 aliphatic rings. The molecule has 1 unspecified atom stereocenters. The number of likely N-dealkylation sites (tertiary alicyclic amines) is 1. The minimum Gasteiger partial charge on any atom is -0.481 e. The van der Waals surface area contributed by atoms with Crippen molar-refractivity contribution in [1.82, 2.24) is 20.2 Å². The Balaban J connectivity index is 1.85. The maximum Gasteiger partial charge on any atom is 0.270 e. The van der Waals surface area contributed by atoms with Crippen LogP contribution in [0.1, 0.15) is 29.8 Å². The predicted molar refractivity (Wildman–Crippen MR) is 77.2 cm³/mol. The first-order valence-electron chi connectivity index (χ1n) is 7.23. The van der Waals surface area contributed by atoms with Gasteiger partial charge in [-0.25, -0.2) is 9.97 Å². The summed E-state index contributed by atoms with van der Waals surface area (Å²) in [5.74, 6) is 0.158. The number of aliphatic hydroxyl groups excluding tert-OH is 1. The largest absolute Gasteiger partial charge is 0.481 e. The van der Waals surface area contributed by atoms with E-state index in [1.807, 2.05) is 0 Å². The third kappa shape index (κ3) is 4.37. The van der Waals surface area contributed by atoms with E-state index >= 15 is 0 Å². The molecule has 7 heteroatoms. The minimum atomic E-state index is -0.218. The van der Waals surface area contributed by atoms with Crippen LogP contribution in [0.15, 0.2) is 12.4 Å². The van der Waals surface area contributed by atoms with E-state index in [0.29, 0.717) is 24.2 Å². The zero-order valence-electron chi connectivity index (χ0n) is 12.3. The molecule has 1 aromatic rings. The first-order chi connectivity index (χ1) is 10.2. The lowest BCUT2D eigenvalue weighted by Gasteiger charge is -2.24. The summed E-state index contributed by atoms with van der Waals surface area (Å²) in [7, 11) is 1.50. The number of rotatable bonds is 7. The normalized spacial score (nSPS) is 18.7. The number of nitrogens with zero attached hydrogens (tertiary/aromatic N) is 3. The van der Waals surface area contributed by atoms with Crippen LogP contribution in [-0.4, -0.2) is 65.3 Å². The zero-order valence-corrected chi connectivity index (χ0v) is 12.3. The number of methoxy groups -OCH3 is 1. The highest BCUT2D eigenvalue weighted by molar-refractivity contribution is 5.92. The molecule has 2 rings (SSSR count). The van der Waals surface area contributed by atoms with Crippen LogP contribution in [0.2, 0.25) is 0 Å². The number of carbonyl (C=O) groups is 1. The number of carbonyl (C=O) groups excluding carboxylic acids is 1. The quantitative estimate of drug-likeness (QED) is 0.739. The Hall–Kier alpha value is -1.73. The lowest BCUT2D eigenvalue weighted by Crippen LogP contribution is -2.40. The molecule has 1 aromatic heterocycles. The summed E-state index contributed by atoms with van der Waals surface area (Å²) < 4.78 is 4.98. The second kappa shape index (κ2) is 7.90. The second-order valence-corrected chi connectivity index (χ2v) is 5.06. The Labute approximate surface area is 124 Å². The minimum absolute atomic E-state index is 0.205. The molecule has 116 valence electrons. The first kappa shape index (κ1) is 15.7. The Morgan fingerprint density at radius 1 is 1.57 bits per heavy atom. The molecule has 7 nitrogen and oxygen atoms in total. The van der Waals surface area contributed by atoms with Crippen molar-refractivity contribution >= 4 is 5.91 Å². The van der Waals surface area contributed by atoms with Gasteiger partial charge in [0.05, 0.1) is 7.11 Å². The first-order valence-corrected chi connectivity index (χ1v) is 7.23. The summed E-state index contributed by atoms with van der Waals surface area (Å²) in [6.45, 7) is 2.70. The molecule has 1 atom stereocenters. The SMILES string of the molecule is COc1cc(C(=O)NCC2CCCN2CCCO)ncn1. The van der Waals surface area contributed by atoms with E-state index in [9.17, 15) is 4.79 Å². The van der Waals surface area contributed by atoms with Gasteiger partial charge in [-0.05, 0) is 25.8 Å². The Kier molecular flexibility index (Phi) is 5.89. The van der Waals surface area contributed by atoms with E-state index in [0.717, 1.165) is 32.4 Å². The van der Waals surface area contributed by atoms with E-state index in [4.69, 9.17) is 9.84 Å². The fourth-order valence-electron chi connectivity index (χ4n) is 2.57. The molecule has 0 radical (unpaired) electrons. The highest BCUT2D eigenvalue weighted by Crippen LogP contribution is 2.16. The molecule has 0 saturated carbocycles. The third-order valence-electron chi connectivity index (χ3n) is 3.68. The zero-order chi connectivity index (χ0) is 15.1. The highest BCUT2D eigenvalue weighted by atomic mass is 16.5. The van der Waals surface area contributed by atoms with Crippen LogP contribution in [0.4, 0.5) is 0 Å². The van der Waals surface area contributed by atoms with Gasteiger partial charge in [0.1, 0.15) is 12.0 Å². The molecule has 1 saturated heterocycles. The van der Waals surface area contributed by atoms with Crippen molar-refractivity contribution in [3.8, 4) is 5.88 Å². The van der Waals surface area contributed by atoms with Gasteiger partial charge in [-0.2, -0.15) is 0 Å². The smallest absolute Gasteiger partial charge is 0.270 e. The van der Waals surface area contributed by atoms with Crippen molar-refractivity contribution in [3.05, 3.63) is 18.1 Å². The summed E-state index contributed by atoms with van der Waals surface area (Å²) in [5.41, 5.74) is 0.307. The van der Waals surface area contributed by atoms with Gasteiger partial charge in [0.2, 0.25) is 5.88 Å². The van der Waals surface area contributed by atoms with Crippen LogP contribution in [-0.2, 0) is 0 Å². The van der Waals surface area contributed by atoms with E-state index < -0.39 is 0 Å². The second-order valence-electron chi connectivity index (χ2n) is 5.06. The molecule has 0 bridgehead atoms. The fourth-order valence-corrected chi connectivity index (χ4v) is 2.57. The van der Waals surface area contributed by atoms with Crippen LogP contribution < -0.4 is 10.1 Å². The average molecular weight is 294 g/mol. The number of nitrogens with one attached hydrogen (secondary N) is 1. The molecule has 1 amide bonds. The Morgan fingerprint density at radius 3 is 3.19 bits per heavy atom. The molecular weight excluding hydrogens is 272 g/mol. The molecule has 1 aliphatic heterocycles. The summed E-state index contributed by atoms with van der Waals surface area (Å²) in [6, 6.07) is 1.86. The maximum absolute atomic E-state index is 12.1. The van der Waals surface area contributed by atoms with Crippen molar-refractivity contribution in [2.24, 2.45) is 0 Å². The van der Waals surface area contributed by atoms with Gasteiger partial charge < -0.3 is 15.2 Å². The lowest BCUT2D eigenvalue weighted by atomic mass is 10.2. The molecule has 2 N–H and O–H groups in total. The van der Waals surface area contributed by atoms with Crippen molar-refractivity contribution in [2.75, 3.05) is 33.4 Å². The van der Waals surface area contributed by atoms with Gasteiger partial charge in [0.25, 0.3) is 5.91 Å². The van der Waals surface area contributed by atoms with E-state index in [1.165, 1.54) is 19.5 Å². The van der Waals surface area contributed by atoms with Crippen molar-refractivity contribution in [3.63, 3.8) is 0 Å². The van der Waals surface area contributed by atoms with E-state index in [1.54, 1.807) is 0 Å². The summed E-state index contributed by atoms with van der Waals surface area (Å²) in [5, 5.41) is 11.8. The van der Waals surface area contributed by atoms with Gasteiger partial charge >= 0.3 is 0 Å². The monoisotopic (exact) mass is 294 g/mol. The number of hydrogen-bond donors (Lipinski definition) is 2. The molecule has 1 fully saturated rings. The van der Waals surface area contributed by atoms with Crippen molar-refractivity contribution in [1.29, 1.82) is 0 Å². The molecule has 21 heavy (non-hydrogen) atoms. The van der Waals surface area contributed by atoms with Crippen LogP contribution in [0.25, 0.3) is 0 Å².